The Morgan fingerprint density at radius 3 is 2.28 bits per heavy atom. The molecule has 0 radical (unpaired) electrons. The van der Waals surface area contributed by atoms with Crippen LogP contribution in [0.15, 0.2) is 0 Å². The van der Waals surface area contributed by atoms with Crippen molar-refractivity contribution in [1.29, 1.82) is 5.26 Å². The zero-order valence-corrected chi connectivity index (χ0v) is 10.2. The van der Waals surface area contributed by atoms with Crippen LogP contribution in [0.2, 0.25) is 0 Å². The predicted octanol–water partition coefficient (Wildman–Crippen LogP) is 2.44. The van der Waals surface area contributed by atoms with Gasteiger partial charge in [0.15, 0.2) is 5.79 Å². The van der Waals surface area contributed by atoms with Crippen LogP contribution >= 0.6 is 0 Å². The molecule has 1 saturated carbocycles. The Morgan fingerprint density at radius 2 is 1.78 bits per heavy atom. The fraction of sp³-hybridized carbons (Fsp3) is 0.917. The van der Waals surface area contributed by atoms with Crippen molar-refractivity contribution in [2.24, 2.45) is 5.41 Å². The maximum absolute atomic E-state index is 11.9. The molecule has 1 aliphatic heterocycles. The van der Waals surface area contributed by atoms with Crippen molar-refractivity contribution < 1.29 is 23.0 Å². The molecule has 1 saturated heterocycles. The summed E-state index contributed by atoms with van der Waals surface area (Å²) < 4.78 is 39.2. The zero-order chi connectivity index (χ0) is 13.1. The molecule has 2 fully saturated rings. The molecule has 1 aliphatic carbocycles. The van der Waals surface area contributed by atoms with Crippen molar-refractivity contribution in [3.05, 3.63) is 0 Å². The molecule has 0 aromatic heterocycles. The van der Waals surface area contributed by atoms with E-state index < -0.39 is 17.8 Å². The van der Waals surface area contributed by atoms with Crippen LogP contribution in [0, 0.1) is 16.7 Å². The summed E-state index contributed by atoms with van der Waals surface area (Å²) in [7, 11) is 0. The first kappa shape index (κ1) is 13.7. The van der Waals surface area contributed by atoms with Gasteiger partial charge in [-0.1, -0.05) is 0 Å². The molecular formula is C12H17F2NO3. The molecule has 0 unspecified atom stereocenters. The number of hydrogen-bond donors (Lipinski definition) is 0. The normalized spacial score (nSPS) is 25.4. The topological polar surface area (TPSA) is 51.5 Å². The molecule has 0 N–H and O–H groups in total. The van der Waals surface area contributed by atoms with E-state index in [4.69, 9.17) is 9.47 Å². The predicted molar refractivity (Wildman–Crippen MR) is 57.7 cm³/mol. The molecule has 102 valence electrons. The van der Waals surface area contributed by atoms with Crippen LogP contribution in [0.5, 0.6) is 0 Å². The molecule has 1 heterocycles. The first-order valence-corrected chi connectivity index (χ1v) is 6.19. The second kappa shape index (κ2) is 5.47. The Balaban J connectivity index is 1.85. The third-order valence-corrected chi connectivity index (χ3v) is 3.84. The van der Waals surface area contributed by atoms with Gasteiger partial charge in [0, 0.05) is 12.8 Å². The van der Waals surface area contributed by atoms with Crippen LogP contribution in [-0.4, -0.2) is 32.2 Å². The van der Waals surface area contributed by atoms with Gasteiger partial charge < -0.3 is 14.2 Å². The fourth-order valence-electron chi connectivity index (χ4n) is 2.66. The number of hydrogen-bond acceptors (Lipinski definition) is 4. The minimum absolute atomic E-state index is 0.0834. The molecule has 2 rings (SSSR count). The largest absolute Gasteiger partial charge is 0.348 e. The molecule has 6 heteroatoms. The van der Waals surface area contributed by atoms with Crippen LogP contribution in [0.4, 0.5) is 8.78 Å². The summed E-state index contributed by atoms with van der Waals surface area (Å²) >= 11 is 0. The summed E-state index contributed by atoms with van der Waals surface area (Å²) in [6, 6.07) is 2.26. The van der Waals surface area contributed by atoms with E-state index in [-0.39, 0.29) is 6.61 Å². The van der Waals surface area contributed by atoms with E-state index in [2.05, 4.69) is 10.8 Å². The minimum Gasteiger partial charge on any atom is -0.348 e. The van der Waals surface area contributed by atoms with E-state index in [9.17, 15) is 14.0 Å². The van der Waals surface area contributed by atoms with E-state index in [0.29, 0.717) is 45.3 Å². The average molecular weight is 261 g/mol. The average Bonchev–Trinajstić information content (AvgIpc) is 2.81. The second-order valence-corrected chi connectivity index (χ2v) is 4.88. The molecular weight excluding hydrogens is 244 g/mol. The summed E-state index contributed by atoms with van der Waals surface area (Å²) in [6.45, 7) is -1.67. The van der Waals surface area contributed by atoms with E-state index in [1.807, 2.05) is 0 Å². The van der Waals surface area contributed by atoms with Gasteiger partial charge in [0.1, 0.15) is 0 Å². The highest BCUT2D eigenvalue weighted by molar-refractivity contribution is 5.03. The molecule has 18 heavy (non-hydrogen) atoms. The summed E-state index contributed by atoms with van der Waals surface area (Å²) in [5.74, 6) is -0.524. The van der Waals surface area contributed by atoms with Gasteiger partial charge in [-0.2, -0.15) is 14.0 Å². The molecule has 0 aromatic carbocycles. The fourth-order valence-corrected chi connectivity index (χ4v) is 2.66. The third-order valence-electron chi connectivity index (χ3n) is 3.84. The summed E-state index contributed by atoms with van der Waals surface area (Å²) in [4.78, 5) is 0. The Labute approximate surface area is 105 Å². The lowest BCUT2D eigenvalue weighted by atomic mass is 9.71. The van der Waals surface area contributed by atoms with Gasteiger partial charge in [-0.05, 0) is 19.3 Å². The first-order valence-electron chi connectivity index (χ1n) is 6.19. The smallest absolute Gasteiger partial charge is 0.345 e. The van der Waals surface area contributed by atoms with Crippen molar-refractivity contribution in [2.75, 3.05) is 19.8 Å². The summed E-state index contributed by atoms with van der Waals surface area (Å²) in [5, 5.41) is 9.26. The van der Waals surface area contributed by atoms with Crippen molar-refractivity contribution in [2.45, 2.75) is 44.5 Å². The van der Waals surface area contributed by atoms with Gasteiger partial charge in [-0.3, -0.25) is 0 Å². The third kappa shape index (κ3) is 2.97. The van der Waals surface area contributed by atoms with Crippen LogP contribution in [0.1, 0.15) is 32.1 Å². The lowest BCUT2D eigenvalue weighted by Gasteiger charge is -2.39. The van der Waals surface area contributed by atoms with Crippen molar-refractivity contribution in [3.63, 3.8) is 0 Å². The molecule has 0 aromatic rings. The molecule has 0 bridgehead atoms. The molecule has 0 atom stereocenters. The molecule has 2 aliphatic rings. The Morgan fingerprint density at radius 1 is 1.17 bits per heavy atom. The summed E-state index contributed by atoms with van der Waals surface area (Å²) in [6.07, 6.45) is 2.85. The highest BCUT2D eigenvalue weighted by atomic mass is 19.3. The zero-order valence-electron chi connectivity index (χ0n) is 10.2. The number of halogens is 2. The van der Waals surface area contributed by atoms with Crippen LogP contribution in [-0.2, 0) is 14.2 Å². The molecule has 4 nitrogen and oxygen atoms in total. The lowest BCUT2D eigenvalue weighted by Crippen LogP contribution is -2.40. The van der Waals surface area contributed by atoms with Crippen molar-refractivity contribution in [3.8, 4) is 6.07 Å². The van der Waals surface area contributed by atoms with Gasteiger partial charge in [0.2, 0.25) is 0 Å². The number of alkyl halides is 2. The Bertz CT molecular complexity index is 314. The van der Waals surface area contributed by atoms with E-state index >= 15 is 0 Å². The highest BCUT2D eigenvalue weighted by Crippen LogP contribution is 2.46. The first-order chi connectivity index (χ1) is 8.60. The van der Waals surface area contributed by atoms with Gasteiger partial charge in [-0.25, -0.2) is 0 Å². The maximum atomic E-state index is 11.9. The standard InChI is InChI=1S/C12H17F2NO3/c13-10(14)16-6-5-11(9-15)1-3-12(4-2-11)17-7-8-18-12/h10H,1-8H2. The van der Waals surface area contributed by atoms with E-state index in [1.165, 1.54) is 0 Å². The van der Waals surface area contributed by atoms with Crippen molar-refractivity contribution in [1.82, 2.24) is 0 Å². The van der Waals surface area contributed by atoms with Gasteiger partial charge in [-0.15, -0.1) is 0 Å². The van der Waals surface area contributed by atoms with E-state index in [1.54, 1.807) is 0 Å². The Hall–Kier alpha value is -0.770. The quantitative estimate of drug-likeness (QED) is 0.780. The SMILES string of the molecule is N#CC1(CCOC(F)F)CCC2(CC1)OCCO2. The van der Waals surface area contributed by atoms with Gasteiger partial charge in [0.25, 0.3) is 0 Å². The number of nitriles is 1. The number of ether oxygens (including phenoxy) is 3. The van der Waals surface area contributed by atoms with Crippen LogP contribution < -0.4 is 0 Å². The molecule has 1 spiro atoms. The number of nitrogens with zero attached hydrogens (tertiary/aromatic N) is 1. The monoisotopic (exact) mass is 261 g/mol. The van der Waals surface area contributed by atoms with Crippen LogP contribution in [0.3, 0.4) is 0 Å². The van der Waals surface area contributed by atoms with Gasteiger partial charge in [0.05, 0.1) is 31.3 Å². The second-order valence-electron chi connectivity index (χ2n) is 4.88. The highest BCUT2D eigenvalue weighted by Gasteiger charge is 2.46. The number of rotatable bonds is 4. The maximum Gasteiger partial charge on any atom is 0.345 e. The van der Waals surface area contributed by atoms with Gasteiger partial charge >= 0.3 is 6.61 Å². The van der Waals surface area contributed by atoms with Crippen molar-refractivity contribution >= 4 is 0 Å². The lowest BCUT2D eigenvalue weighted by molar-refractivity contribution is -0.190. The summed E-state index contributed by atoms with van der Waals surface area (Å²) in [5.41, 5.74) is -0.574. The Kier molecular flexibility index (Phi) is 4.15. The minimum atomic E-state index is -2.77. The van der Waals surface area contributed by atoms with Crippen LogP contribution in [0.25, 0.3) is 0 Å². The van der Waals surface area contributed by atoms with E-state index in [0.717, 1.165) is 0 Å². The molecule has 0 amide bonds.